The van der Waals surface area contributed by atoms with Gasteiger partial charge in [0.25, 0.3) is 5.91 Å². The summed E-state index contributed by atoms with van der Waals surface area (Å²) in [5, 5.41) is 10.8. The van der Waals surface area contributed by atoms with Gasteiger partial charge < -0.3 is 10.4 Å². The van der Waals surface area contributed by atoms with Crippen LogP contribution in [0.5, 0.6) is 0 Å². The predicted molar refractivity (Wildman–Crippen MR) is 72.5 cm³/mol. The average molecular weight is 297 g/mol. The van der Waals surface area contributed by atoms with Gasteiger partial charge in [-0.2, -0.15) is 0 Å². The summed E-state index contributed by atoms with van der Waals surface area (Å²) >= 11 is 0. The third-order valence-corrected chi connectivity index (χ3v) is 5.62. The van der Waals surface area contributed by atoms with Gasteiger partial charge in [-0.05, 0) is 37.1 Å². The third-order valence-electron chi connectivity index (χ3n) is 3.35. The maximum Gasteiger partial charge on any atom is 0.335 e. The maximum absolute atomic E-state index is 11.8. The number of carboxylic acids is 1. The summed E-state index contributed by atoms with van der Waals surface area (Å²) in [6.45, 7) is 0.0991. The summed E-state index contributed by atoms with van der Waals surface area (Å²) in [7, 11) is -3.08. The second kappa shape index (κ2) is 5.62. The van der Waals surface area contributed by atoms with Crippen molar-refractivity contribution in [3.63, 3.8) is 0 Å². The molecule has 1 amide bonds. The van der Waals surface area contributed by atoms with Gasteiger partial charge in [-0.3, -0.25) is 4.79 Å². The van der Waals surface area contributed by atoms with Crippen molar-refractivity contribution in [3.8, 4) is 0 Å². The molecular formula is C13H15NO5S. The monoisotopic (exact) mass is 297 g/mol. The van der Waals surface area contributed by atoms with E-state index >= 15 is 0 Å². The lowest BCUT2D eigenvalue weighted by molar-refractivity contribution is 0.0696. The number of sulfone groups is 1. The summed E-state index contributed by atoms with van der Waals surface area (Å²) in [6, 6.07) is 5.48. The molecule has 108 valence electrons. The second-order valence-electron chi connectivity index (χ2n) is 4.72. The van der Waals surface area contributed by atoms with Crippen molar-refractivity contribution in [1.82, 2.24) is 5.32 Å². The zero-order chi connectivity index (χ0) is 14.8. The van der Waals surface area contributed by atoms with E-state index in [1.54, 1.807) is 0 Å². The Morgan fingerprint density at radius 3 is 2.30 bits per heavy atom. The molecule has 0 bridgehead atoms. The normalized spacial score (nSPS) is 20.5. The molecule has 1 fully saturated rings. The lowest BCUT2D eigenvalue weighted by Crippen LogP contribution is -2.34. The highest BCUT2D eigenvalue weighted by Gasteiger charge is 2.31. The van der Waals surface area contributed by atoms with Crippen LogP contribution in [0.2, 0.25) is 0 Å². The Labute approximate surface area is 116 Å². The van der Waals surface area contributed by atoms with Crippen LogP contribution < -0.4 is 5.32 Å². The van der Waals surface area contributed by atoms with E-state index in [4.69, 9.17) is 5.11 Å². The van der Waals surface area contributed by atoms with Gasteiger partial charge in [0.2, 0.25) is 0 Å². The first-order valence-corrected chi connectivity index (χ1v) is 7.95. The van der Waals surface area contributed by atoms with Crippen LogP contribution in [0.3, 0.4) is 0 Å². The summed E-state index contributed by atoms with van der Waals surface area (Å²) in [4.78, 5) is 22.5. The van der Waals surface area contributed by atoms with E-state index in [0.717, 1.165) is 0 Å². The van der Waals surface area contributed by atoms with Crippen LogP contribution in [0.1, 0.15) is 33.6 Å². The highest BCUT2D eigenvalue weighted by atomic mass is 32.2. The Balaban J connectivity index is 1.97. The summed E-state index contributed by atoms with van der Waals surface area (Å²) in [5.74, 6) is -1.28. The molecule has 7 heteroatoms. The first kappa shape index (κ1) is 14.5. The van der Waals surface area contributed by atoms with E-state index in [0.29, 0.717) is 18.4 Å². The van der Waals surface area contributed by atoms with Crippen molar-refractivity contribution >= 4 is 21.7 Å². The predicted octanol–water partition coefficient (Wildman–Crippen LogP) is 0.692. The van der Waals surface area contributed by atoms with Crippen molar-refractivity contribution < 1.29 is 23.1 Å². The Bertz CT molecular complexity index is 621. The van der Waals surface area contributed by atoms with Gasteiger partial charge in [0, 0.05) is 12.1 Å². The van der Waals surface area contributed by atoms with E-state index in [-0.39, 0.29) is 17.9 Å². The number of aromatic carboxylic acids is 1. The van der Waals surface area contributed by atoms with Crippen molar-refractivity contribution in [3.05, 3.63) is 35.4 Å². The highest BCUT2D eigenvalue weighted by molar-refractivity contribution is 7.92. The van der Waals surface area contributed by atoms with Crippen molar-refractivity contribution in [2.24, 2.45) is 0 Å². The van der Waals surface area contributed by atoms with Crippen molar-refractivity contribution in [2.45, 2.75) is 18.1 Å². The average Bonchev–Trinajstić information content (AvgIpc) is 2.75. The fourth-order valence-corrected chi connectivity index (χ4v) is 3.93. The first-order chi connectivity index (χ1) is 9.40. The molecule has 6 nitrogen and oxygen atoms in total. The van der Waals surface area contributed by atoms with Crippen LogP contribution in [0.25, 0.3) is 0 Å². The Morgan fingerprint density at radius 1 is 1.20 bits per heavy atom. The number of benzene rings is 1. The van der Waals surface area contributed by atoms with E-state index in [1.165, 1.54) is 24.3 Å². The quantitative estimate of drug-likeness (QED) is 0.851. The molecule has 2 N–H and O–H groups in total. The van der Waals surface area contributed by atoms with Crippen LogP contribution in [0.15, 0.2) is 24.3 Å². The van der Waals surface area contributed by atoms with Gasteiger partial charge in [-0.1, -0.05) is 0 Å². The van der Waals surface area contributed by atoms with Crippen LogP contribution >= 0.6 is 0 Å². The first-order valence-electron chi connectivity index (χ1n) is 6.23. The smallest absolute Gasteiger partial charge is 0.335 e. The molecule has 1 aromatic carbocycles. The molecule has 1 aliphatic rings. The van der Waals surface area contributed by atoms with Crippen molar-refractivity contribution in [1.29, 1.82) is 0 Å². The minimum atomic E-state index is -3.08. The van der Waals surface area contributed by atoms with Crippen LogP contribution in [-0.4, -0.2) is 42.9 Å². The minimum absolute atomic E-state index is 0.0971. The fourth-order valence-electron chi connectivity index (χ4n) is 2.16. The molecule has 0 aromatic heterocycles. The molecule has 1 saturated heterocycles. The number of hydrogen-bond acceptors (Lipinski definition) is 4. The molecule has 0 radical (unpaired) electrons. The van der Waals surface area contributed by atoms with E-state index in [9.17, 15) is 18.0 Å². The number of carbonyl (C=O) groups is 2. The van der Waals surface area contributed by atoms with E-state index in [2.05, 4.69) is 5.32 Å². The van der Waals surface area contributed by atoms with Crippen LogP contribution in [0.4, 0.5) is 0 Å². The van der Waals surface area contributed by atoms with E-state index < -0.39 is 27.0 Å². The summed E-state index contributed by atoms with van der Waals surface area (Å²) in [5.41, 5.74) is 0.408. The van der Waals surface area contributed by atoms with Gasteiger partial charge in [0.1, 0.15) is 0 Å². The number of hydrogen-bond donors (Lipinski definition) is 2. The van der Waals surface area contributed by atoms with Gasteiger partial charge in [-0.25, -0.2) is 13.2 Å². The number of carboxylic acid groups (broad SMARTS) is 1. The minimum Gasteiger partial charge on any atom is -0.478 e. The lowest BCUT2D eigenvalue weighted by Gasteiger charge is -2.10. The number of carbonyl (C=O) groups excluding carboxylic acids is 1. The van der Waals surface area contributed by atoms with Crippen LogP contribution in [-0.2, 0) is 9.84 Å². The molecule has 2 rings (SSSR count). The largest absolute Gasteiger partial charge is 0.478 e. The number of rotatable bonds is 4. The molecule has 1 atom stereocenters. The van der Waals surface area contributed by atoms with Crippen LogP contribution in [0, 0.1) is 0 Å². The SMILES string of the molecule is O=C(O)c1ccc(C(=O)NCC2CCCS2(=O)=O)cc1. The number of amides is 1. The zero-order valence-electron chi connectivity index (χ0n) is 10.7. The zero-order valence-corrected chi connectivity index (χ0v) is 11.5. The lowest BCUT2D eigenvalue weighted by atomic mass is 10.1. The fraction of sp³-hybridized carbons (Fsp3) is 0.385. The molecule has 0 aliphatic carbocycles. The van der Waals surface area contributed by atoms with Gasteiger partial charge in [0.05, 0.1) is 16.6 Å². The summed E-state index contributed by atoms with van der Waals surface area (Å²) in [6.07, 6.45) is 1.21. The van der Waals surface area contributed by atoms with E-state index in [1.807, 2.05) is 0 Å². The molecule has 1 aliphatic heterocycles. The molecule has 0 saturated carbocycles. The molecule has 1 heterocycles. The maximum atomic E-state index is 11.8. The molecular weight excluding hydrogens is 282 g/mol. The Hall–Kier alpha value is -1.89. The standard InChI is InChI=1S/C13H15NO5S/c15-12(9-3-5-10(6-4-9)13(16)17)14-8-11-2-1-7-20(11,18)19/h3-6,11H,1-2,7-8H2,(H,14,15)(H,16,17). The highest BCUT2D eigenvalue weighted by Crippen LogP contribution is 2.19. The molecule has 0 spiro atoms. The third kappa shape index (κ3) is 3.16. The van der Waals surface area contributed by atoms with Gasteiger partial charge in [-0.15, -0.1) is 0 Å². The number of nitrogens with one attached hydrogen (secondary N) is 1. The summed E-state index contributed by atoms with van der Waals surface area (Å²) < 4.78 is 23.2. The van der Waals surface area contributed by atoms with Gasteiger partial charge >= 0.3 is 5.97 Å². The van der Waals surface area contributed by atoms with Crippen molar-refractivity contribution in [2.75, 3.05) is 12.3 Å². The molecule has 1 unspecified atom stereocenters. The molecule has 1 aromatic rings. The molecule has 20 heavy (non-hydrogen) atoms. The Morgan fingerprint density at radius 2 is 1.80 bits per heavy atom. The Kier molecular flexibility index (Phi) is 4.08. The second-order valence-corrected chi connectivity index (χ2v) is 7.12. The topological polar surface area (TPSA) is 101 Å². The van der Waals surface area contributed by atoms with Gasteiger partial charge in [0.15, 0.2) is 9.84 Å².